The summed E-state index contributed by atoms with van der Waals surface area (Å²) in [5.74, 6) is 0. The van der Waals surface area contributed by atoms with Crippen LogP contribution in [0.3, 0.4) is 0 Å². The van der Waals surface area contributed by atoms with E-state index in [1.54, 1.807) is 13.0 Å². The van der Waals surface area contributed by atoms with E-state index in [2.05, 4.69) is 6.92 Å². The molecule has 0 amide bonds. The second-order valence-corrected chi connectivity index (χ2v) is 6.74. The van der Waals surface area contributed by atoms with E-state index < -0.39 is 11.6 Å². The molecule has 0 aromatic rings. The first-order chi connectivity index (χ1) is 10.5. The lowest BCUT2D eigenvalue weighted by atomic mass is 9.96. The molecule has 0 aliphatic rings. The number of nitrogens with two attached hydrogens (primary N) is 1. The quantitative estimate of drug-likeness (QED) is 0.312. The van der Waals surface area contributed by atoms with Crippen molar-refractivity contribution in [3.8, 4) is 0 Å². The van der Waals surface area contributed by atoms with Crippen LogP contribution in [0.5, 0.6) is 0 Å². The van der Waals surface area contributed by atoms with Crippen molar-refractivity contribution in [1.29, 1.82) is 0 Å². The molecule has 3 nitrogen and oxygen atoms in total. The largest absolute Gasteiger partial charge is 0.395 e. The predicted molar refractivity (Wildman–Crippen MR) is 95.9 cm³/mol. The van der Waals surface area contributed by atoms with E-state index in [0.29, 0.717) is 0 Å². The minimum absolute atomic E-state index is 0.199. The zero-order valence-electron chi connectivity index (χ0n) is 14.9. The predicted octanol–water partition coefficient (Wildman–Crippen LogP) is 4.31. The molecule has 0 radical (unpaired) electrons. The molecule has 0 aliphatic heterocycles. The zero-order valence-corrected chi connectivity index (χ0v) is 14.9. The summed E-state index contributed by atoms with van der Waals surface area (Å²) in [4.78, 5) is 0. The molecule has 2 atom stereocenters. The van der Waals surface area contributed by atoms with E-state index >= 15 is 0 Å². The molecule has 0 saturated heterocycles. The molecule has 0 aliphatic carbocycles. The van der Waals surface area contributed by atoms with Gasteiger partial charge in [-0.25, -0.2) is 0 Å². The number of unbranched alkanes of at least 4 members (excludes halogenated alkanes) is 11. The topological polar surface area (TPSA) is 66.5 Å². The molecule has 0 aromatic heterocycles. The van der Waals surface area contributed by atoms with Gasteiger partial charge in [-0.15, -0.1) is 0 Å². The van der Waals surface area contributed by atoms with Gasteiger partial charge in [0, 0.05) is 0 Å². The maximum atomic E-state index is 9.99. The summed E-state index contributed by atoms with van der Waals surface area (Å²) in [5, 5.41) is 18.9. The Labute approximate surface area is 138 Å². The van der Waals surface area contributed by atoms with Gasteiger partial charge in [0.1, 0.15) is 0 Å². The highest BCUT2D eigenvalue weighted by Gasteiger charge is 2.24. The smallest absolute Gasteiger partial charge is 0.0972 e. The summed E-state index contributed by atoms with van der Waals surface area (Å²) in [7, 11) is 0. The SMILES string of the molecule is CCCCCCCCCCCCCC=CC(C)(O)C(N)CO. The van der Waals surface area contributed by atoms with Gasteiger partial charge in [-0.2, -0.15) is 0 Å². The number of aliphatic hydroxyl groups is 2. The fraction of sp³-hybridized carbons (Fsp3) is 0.895. The third-order valence-corrected chi connectivity index (χ3v) is 4.38. The Balaban J connectivity index is 3.36. The highest BCUT2D eigenvalue weighted by atomic mass is 16.3. The van der Waals surface area contributed by atoms with Gasteiger partial charge in [0.25, 0.3) is 0 Å². The molecule has 0 bridgehead atoms. The molecule has 0 heterocycles. The molecule has 0 fully saturated rings. The third kappa shape index (κ3) is 12.2. The lowest BCUT2D eigenvalue weighted by Crippen LogP contribution is -2.46. The molecule has 0 spiro atoms. The minimum Gasteiger partial charge on any atom is -0.395 e. The van der Waals surface area contributed by atoms with E-state index in [9.17, 15) is 5.11 Å². The van der Waals surface area contributed by atoms with Gasteiger partial charge in [0.05, 0.1) is 18.2 Å². The van der Waals surface area contributed by atoms with Crippen molar-refractivity contribution in [2.45, 2.75) is 103 Å². The van der Waals surface area contributed by atoms with Gasteiger partial charge >= 0.3 is 0 Å². The van der Waals surface area contributed by atoms with Crippen LogP contribution in [-0.2, 0) is 0 Å². The Hall–Kier alpha value is -0.380. The van der Waals surface area contributed by atoms with Crippen LogP contribution in [0.2, 0.25) is 0 Å². The molecule has 22 heavy (non-hydrogen) atoms. The zero-order chi connectivity index (χ0) is 16.7. The van der Waals surface area contributed by atoms with Crippen molar-refractivity contribution in [1.82, 2.24) is 0 Å². The van der Waals surface area contributed by atoms with Crippen molar-refractivity contribution in [3.63, 3.8) is 0 Å². The van der Waals surface area contributed by atoms with Crippen LogP contribution >= 0.6 is 0 Å². The van der Waals surface area contributed by atoms with Crippen molar-refractivity contribution in [2.24, 2.45) is 5.73 Å². The Morgan fingerprint density at radius 1 is 0.909 bits per heavy atom. The number of hydrogen-bond acceptors (Lipinski definition) is 3. The molecule has 0 aromatic carbocycles. The van der Waals surface area contributed by atoms with Crippen LogP contribution in [0.25, 0.3) is 0 Å². The standard InChI is InChI=1S/C19H39NO2/c1-3-4-5-6-7-8-9-10-11-12-13-14-15-16-19(2,22)18(20)17-21/h15-16,18,21-22H,3-14,17,20H2,1-2H3. The Morgan fingerprint density at radius 2 is 1.36 bits per heavy atom. The average Bonchev–Trinajstić information content (AvgIpc) is 2.50. The first-order valence-corrected chi connectivity index (χ1v) is 9.31. The molecule has 0 rings (SSSR count). The Bertz CT molecular complexity index is 264. The Morgan fingerprint density at radius 3 is 1.82 bits per heavy atom. The first kappa shape index (κ1) is 21.6. The van der Waals surface area contributed by atoms with Crippen molar-refractivity contribution < 1.29 is 10.2 Å². The maximum absolute atomic E-state index is 9.99. The third-order valence-electron chi connectivity index (χ3n) is 4.38. The van der Waals surface area contributed by atoms with Crippen molar-refractivity contribution in [2.75, 3.05) is 6.61 Å². The number of hydrogen-bond donors (Lipinski definition) is 3. The van der Waals surface area contributed by atoms with Gasteiger partial charge in [0.2, 0.25) is 0 Å². The molecule has 3 heteroatoms. The van der Waals surface area contributed by atoms with Crippen molar-refractivity contribution >= 4 is 0 Å². The fourth-order valence-corrected chi connectivity index (χ4v) is 2.56. The number of aliphatic hydroxyl groups excluding tert-OH is 1. The monoisotopic (exact) mass is 313 g/mol. The summed E-state index contributed by atoms with van der Waals surface area (Å²) in [6, 6.07) is -0.610. The maximum Gasteiger partial charge on any atom is 0.0972 e. The van der Waals surface area contributed by atoms with Crippen LogP contribution < -0.4 is 5.73 Å². The highest BCUT2D eigenvalue weighted by molar-refractivity contribution is 5.03. The van der Waals surface area contributed by atoms with Gasteiger partial charge in [-0.3, -0.25) is 0 Å². The average molecular weight is 314 g/mol. The van der Waals surface area contributed by atoms with Crippen LogP contribution in [0.1, 0.15) is 90.9 Å². The summed E-state index contributed by atoms with van der Waals surface area (Å²) in [6.45, 7) is 3.71. The first-order valence-electron chi connectivity index (χ1n) is 9.31. The second-order valence-electron chi connectivity index (χ2n) is 6.74. The van der Waals surface area contributed by atoms with Crippen molar-refractivity contribution in [3.05, 3.63) is 12.2 Å². The molecular weight excluding hydrogens is 274 g/mol. The lowest BCUT2D eigenvalue weighted by Gasteiger charge is -2.25. The normalized spacial score (nSPS) is 16.0. The number of allylic oxidation sites excluding steroid dienone is 1. The summed E-state index contributed by atoms with van der Waals surface area (Å²) < 4.78 is 0. The van der Waals surface area contributed by atoms with Gasteiger partial charge in [-0.1, -0.05) is 83.3 Å². The van der Waals surface area contributed by atoms with E-state index in [-0.39, 0.29) is 6.61 Å². The lowest BCUT2D eigenvalue weighted by molar-refractivity contribution is 0.0560. The van der Waals surface area contributed by atoms with E-state index in [0.717, 1.165) is 12.8 Å². The van der Waals surface area contributed by atoms with E-state index in [4.69, 9.17) is 10.8 Å². The summed E-state index contributed by atoms with van der Waals surface area (Å²) in [5.41, 5.74) is 4.54. The van der Waals surface area contributed by atoms with Crippen LogP contribution in [0.15, 0.2) is 12.2 Å². The van der Waals surface area contributed by atoms with Crippen LogP contribution in [0.4, 0.5) is 0 Å². The van der Waals surface area contributed by atoms with Gasteiger partial charge in [0.15, 0.2) is 0 Å². The number of rotatable bonds is 15. The van der Waals surface area contributed by atoms with E-state index in [1.807, 2.05) is 6.08 Å². The Kier molecular flexibility index (Phi) is 14.0. The van der Waals surface area contributed by atoms with Gasteiger partial charge < -0.3 is 15.9 Å². The van der Waals surface area contributed by atoms with E-state index in [1.165, 1.54) is 64.2 Å². The van der Waals surface area contributed by atoms with Gasteiger partial charge in [-0.05, 0) is 19.8 Å². The second kappa shape index (κ2) is 14.2. The minimum atomic E-state index is -1.10. The summed E-state index contributed by atoms with van der Waals surface area (Å²) >= 11 is 0. The molecule has 2 unspecified atom stereocenters. The highest BCUT2D eigenvalue weighted by Crippen LogP contribution is 2.13. The van der Waals surface area contributed by atoms with Crippen LogP contribution in [-0.4, -0.2) is 28.5 Å². The molecule has 132 valence electrons. The fourth-order valence-electron chi connectivity index (χ4n) is 2.56. The molecular formula is C19H39NO2. The van der Waals surface area contributed by atoms with Crippen LogP contribution in [0, 0.1) is 0 Å². The molecule has 4 N–H and O–H groups in total. The molecule has 0 saturated carbocycles. The summed E-state index contributed by atoms with van der Waals surface area (Å²) in [6.07, 6.45) is 19.5.